The standard InChI is InChI=1S/C7H16.H3N/c1-4-5-6-7(2)3;/h7H,4-6H2,1-3H3;1H3. The lowest BCUT2D eigenvalue weighted by molar-refractivity contribution is 0.550. The Morgan fingerprint density at radius 3 is 1.88 bits per heavy atom. The van der Waals surface area contributed by atoms with Crippen molar-refractivity contribution in [3.05, 3.63) is 0 Å². The van der Waals surface area contributed by atoms with Gasteiger partial charge in [-0.25, -0.2) is 0 Å². The Balaban J connectivity index is 0. The molecule has 0 atom stereocenters. The Morgan fingerprint density at radius 2 is 1.75 bits per heavy atom. The lowest BCUT2D eigenvalue weighted by atomic mass is 10.1. The van der Waals surface area contributed by atoms with Gasteiger partial charge in [-0.1, -0.05) is 40.0 Å². The van der Waals surface area contributed by atoms with Crippen molar-refractivity contribution >= 4 is 0 Å². The molecule has 1 heteroatoms. The normalized spacial score (nSPS) is 9.00. The molecule has 0 aliphatic rings. The van der Waals surface area contributed by atoms with Gasteiger partial charge in [0, 0.05) is 0 Å². The van der Waals surface area contributed by atoms with Crippen LogP contribution < -0.4 is 6.15 Å². The van der Waals surface area contributed by atoms with Gasteiger partial charge < -0.3 is 6.15 Å². The molecule has 0 rings (SSSR count). The maximum Gasteiger partial charge on any atom is -0.0471 e. The zero-order valence-corrected chi connectivity index (χ0v) is 6.41. The summed E-state index contributed by atoms with van der Waals surface area (Å²) < 4.78 is 0. The van der Waals surface area contributed by atoms with E-state index in [2.05, 4.69) is 20.8 Å². The molecule has 0 heterocycles. The molecule has 0 saturated carbocycles. The summed E-state index contributed by atoms with van der Waals surface area (Å²) in [6.07, 6.45) is 4.15. The fourth-order valence-corrected chi connectivity index (χ4v) is 0.612. The topological polar surface area (TPSA) is 35.0 Å². The van der Waals surface area contributed by atoms with Crippen molar-refractivity contribution < 1.29 is 0 Å². The molecule has 0 unspecified atom stereocenters. The first-order chi connectivity index (χ1) is 3.27. The highest BCUT2D eigenvalue weighted by Gasteiger charge is 1.88. The second kappa shape index (κ2) is 6.96. The van der Waals surface area contributed by atoms with Crippen LogP contribution in [0.15, 0.2) is 0 Å². The van der Waals surface area contributed by atoms with E-state index in [-0.39, 0.29) is 6.15 Å². The van der Waals surface area contributed by atoms with Gasteiger partial charge in [0.2, 0.25) is 0 Å². The fraction of sp³-hybridized carbons (Fsp3) is 1.00. The number of hydrogen-bond acceptors (Lipinski definition) is 1. The van der Waals surface area contributed by atoms with Gasteiger partial charge in [0.1, 0.15) is 0 Å². The molecule has 0 bridgehead atoms. The van der Waals surface area contributed by atoms with Gasteiger partial charge in [-0.2, -0.15) is 0 Å². The first-order valence-corrected chi connectivity index (χ1v) is 3.27. The lowest BCUT2D eigenvalue weighted by Crippen LogP contribution is -1.83. The number of unbranched alkanes of at least 4 members (excludes halogenated alkanes) is 1. The lowest BCUT2D eigenvalue weighted by Gasteiger charge is -1.98. The Bertz CT molecular complexity index is 33.4. The van der Waals surface area contributed by atoms with Crippen LogP contribution in [-0.4, -0.2) is 0 Å². The van der Waals surface area contributed by atoms with Gasteiger partial charge in [0.05, 0.1) is 0 Å². The minimum absolute atomic E-state index is 0. The molecule has 52 valence electrons. The number of rotatable bonds is 3. The van der Waals surface area contributed by atoms with E-state index in [1.54, 1.807) is 0 Å². The van der Waals surface area contributed by atoms with Crippen LogP contribution in [0.2, 0.25) is 0 Å². The second-order valence-corrected chi connectivity index (χ2v) is 2.54. The van der Waals surface area contributed by atoms with E-state index in [0.717, 1.165) is 5.92 Å². The van der Waals surface area contributed by atoms with Gasteiger partial charge in [-0.15, -0.1) is 0 Å². The summed E-state index contributed by atoms with van der Waals surface area (Å²) in [6, 6.07) is 0. The molecule has 0 aliphatic carbocycles. The first-order valence-electron chi connectivity index (χ1n) is 3.27. The third-order valence-electron chi connectivity index (χ3n) is 1.14. The van der Waals surface area contributed by atoms with Crippen LogP contribution in [-0.2, 0) is 0 Å². The average Bonchev–Trinajstić information content (AvgIpc) is 1.61. The maximum atomic E-state index is 2.27. The van der Waals surface area contributed by atoms with Crippen molar-refractivity contribution in [2.24, 2.45) is 5.92 Å². The van der Waals surface area contributed by atoms with Crippen LogP contribution in [0.3, 0.4) is 0 Å². The summed E-state index contributed by atoms with van der Waals surface area (Å²) in [4.78, 5) is 0. The Morgan fingerprint density at radius 1 is 1.25 bits per heavy atom. The van der Waals surface area contributed by atoms with Gasteiger partial charge in [-0.05, 0) is 5.92 Å². The predicted octanol–water partition coefficient (Wildman–Crippen LogP) is 2.99. The van der Waals surface area contributed by atoms with Crippen molar-refractivity contribution in [1.29, 1.82) is 0 Å². The van der Waals surface area contributed by atoms with E-state index in [1.807, 2.05) is 0 Å². The van der Waals surface area contributed by atoms with E-state index in [1.165, 1.54) is 19.3 Å². The second-order valence-electron chi connectivity index (χ2n) is 2.54. The molecule has 0 aromatic heterocycles. The molecule has 0 saturated heterocycles. The van der Waals surface area contributed by atoms with E-state index >= 15 is 0 Å². The molecule has 3 N–H and O–H groups in total. The van der Waals surface area contributed by atoms with Gasteiger partial charge in [0.15, 0.2) is 0 Å². The quantitative estimate of drug-likeness (QED) is 0.606. The molecule has 0 spiro atoms. The van der Waals surface area contributed by atoms with Crippen LogP contribution in [0.1, 0.15) is 40.0 Å². The highest BCUT2D eigenvalue weighted by Crippen LogP contribution is 2.04. The first kappa shape index (κ1) is 10.9. The van der Waals surface area contributed by atoms with Crippen LogP contribution in [0.4, 0.5) is 0 Å². The highest BCUT2D eigenvalue weighted by atomic mass is 14.0. The largest absolute Gasteiger partial charge is 0.344 e. The maximum absolute atomic E-state index is 2.27. The van der Waals surface area contributed by atoms with E-state index in [4.69, 9.17) is 0 Å². The third kappa shape index (κ3) is 9.35. The molecular formula is C7H19N. The van der Waals surface area contributed by atoms with E-state index in [0.29, 0.717) is 0 Å². The summed E-state index contributed by atoms with van der Waals surface area (Å²) in [7, 11) is 0. The summed E-state index contributed by atoms with van der Waals surface area (Å²) in [6.45, 7) is 6.79. The zero-order valence-electron chi connectivity index (χ0n) is 6.41. The molecule has 0 aromatic rings. The van der Waals surface area contributed by atoms with Crippen molar-refractivity contribution in [3.8, 4) is 0 Å². The zero-order chi connectivity index (χ0) is 5.70. The summed E-state index contributed by atoms with van der Waals surface area (Å²) >= 11 is 0. The van der Waals surface area contributed by atoms with Gasteiger partial charge in [-0.3, -0.25) is 0 Å². The molecule has 8 heavy (non-hydrogen) atoms. The molecule has 0 fully saturated rings. The Kier molecular flexibility index (Phi) is 9.44. The molecule has 0 amide bonds. The molecule has 0 aliphatic heterocycles. The van der Waals surface area contributed by atoms with Crippen LogP contribution in [0.5, 0.6) is 0 Å². The molecule has 1 nitrogen and oxygen atoms in total. The third-order valence-corrected chi connectivity index (χ3v) is 1.14. The van der Waals surface area contributed by atoms with E-state index < -0.39 is 0 Å². The predicted molar refractivity (Wildman–Crippen MR) is 39.4 cm³/mol. The summed E-state index contributed by atoms with van der Waals surface area (Å²) in [5, 5.41) is 0. The van der Waals surface area contributed by atoms with Crippen molar-refractivity contribution in [2.45, 2.75) is 40.0 Å². The monoisotopic (exact) mass is 117 g/mol. The van der Waals surface area contributed by atoms with E-state index in [9.17, 15) is 0 Å². The molecular weight excluding hydrogens is 98.1 g/mol. The fourth-order valence-electron chi connectivity index (χ4n) is 0.612. The summed E-state index contributed by atoms with van der Waals surface area (Å²) in [5.41, 5.74) is 0. The van der Waals surface area contributed by atoms with Crippen molar-refractivity contribution in [2.75, 3.05) is 0 Å². The Hall–Kier alpha value is -0.0400. The average molecular weight is 117 g/mol. The number of hydrogen-bond donors (Lipinski definition) is 1. The van der Waals surface area contributed by atoms with Gasteiger partial charge >= 0.3 is 0 Å². The molecule has 0 aromatic carbocycles. The van der Waals surface area contributed by atoms with Crippen molar-refractivity contribution in [1.82, 2.24) is 6.15 Å². The van der Waals surface area contributed by atoms with Crippen LogP contribution in [0, 0.1) is 5.92 Å². The minimum Gasteiger partial charge on any atom is -0.344 e. The van der Waals surface area contributed by atoms with Crippen molar-refractivity contribution in [3.63, 3.8) is 0 Å². The highest BCUT2D eigenvalue weighted by molar-refractivity contribution is 4.42. The smallest absolute Gasteiger partial charge is 0.0471 e. The van der Waals surface area contributed by atoms with Crippen LogP contribution in [0.25, 0.3) is 0 Å². The minimum atomic E-state index is 0. The van der Waals surface area contributed by atoms with Crippen LogP contribution >= 0.6 is 0 Å². The Labute approximate surface area is 53.1 Å². The SMILES string of the molecule is CCCCC(C)C.N. The summed E-state index contributed by atoms with van der Waals surface area (Å²) in [5.74, 6) is 0.903. The molecule has 0 radical (unpaired) electrons. The van der Waals surface area contributed by atoms with Gasteiger partial charge in [0.25, 0.3) is 0 Å².